The monoisotopic (exact) mass is 143 g/mol. The fraction of sp³-hybridized carbons (Fsp3) is 1.00. The van der Waals surface area contributed by atoms with E-state index < -0.39 is 0 Å². The maximum atomic E-state index is 5.70. The first-order chi connectivity index (χ1) is 4.70. The maximum Gasteiger partial charge on any atom is 0.00131 e. The van der Waals surface area contributed by atoms with Crippen LogP contribution < -0.4 is 5.73 Å². The van der Waals surface area contributed by atoms with E-state index in [1.165, 1.54) is 25.7 Å². The molecule has 0 aliphatic carbocycles. The number of rotatable bonds is 5. The highest BCUT2D eigenvalue weighted by atomic mass is 14.6. The number of nitrogens with two attached hydrogens (primary N) is 1. The zero-order valence-corrected chi connectivity index (χ0v) is 7.56. The van der Waals surface area contributed by atoms with Crippen molar-refractivity contribution in [3.8, 4) is 0 Å². The molecule has 2 atom stereocenters. The molecule has 0 amide bonds. The van der Waals surface area contributed by atoms with Crippen LogP contribution in [0.2, 0.25) is 0 Å². The highest BCUT2D eigenvalue weighted by Gasteiger charge is 2.06. The molecule has 1 heteroatoms. The standard InChI is InChI=1S/C9H21N/c1-4-6-9(5-2)7-8(3)10/h8-9H,4-7,10H2,1-3H3. The van der Waals surface area contributed by atoms with E-state index in [1.54, 1.807) is 0 Å². The smallest absolute Gasteiger partial charge is 0.00131 e. The summed E-state index contributed by atoms with van der Waals surface area (Å²) in [7, 11) is 0. The first-order valence-electron chi connectivity index (χ1n) is 4.46. The normalized spacial score (nSPS) is 16.8. The Kier molecular flexibility index (Phi) is 5.70. The molecule has 0 aromatic carbocycles. The molecule has 2 N–H and O–H groups in total. The molecule has 0 aromatic rings. The Morgan fingerprint density at radius 1 is 1.30 bits per heavy atom. The molecule has 0 spiro atoms. The van der Waals surface area contributed by atoms with E-state index in [4.69, 9.17) is 5.73 Å². The van der Waals surface area contributed by atoms with Crippen LogP contribution in [0.1, 0.15) is 46.5 Å². The molecule has 0 aromatic heterocycles. The fourth-order valence-corrected chi connectivity index (χ4v) is 1.42. The lowest BCUT2D eigenvalue weighted by molar-refractivity contribution is 0.402. The second-order valence-corrected chi connectivity index (χ2v) is 3.28. The zero-order valence-electron chi connectivity index (χ0n) is 7.56. The number of hydrogen-bond acceptors (Lipinski definition) is 1. The van der Waals surface area contributed by atoms with E-state index in [0.717, 1.165) is 5.92 Å². The van der Waals surface area contributed by atoms with E-state index in [1.807, 2.05) is 0 Å². The third-order valence-corrected chi connectivity index (χ3v) is 1.98. The summed E-state index contributed by atoms with van der Waals surface area (Å²) in [6.45, 7) is 6.59. The van der Waals surface area contributed by atoms with Crippen molar-refractivity contribution in [3.63, 3.8) is 0 Å². The third-order valence-electron chi connectivity index (χ3n) is 1.98. The van der Waals surface area contributed by atoms with Crippen molar-refractivity contribution in [2.24, 2.45) is 11.7 Å². The van der Waals surface area contributed by atoms with Crippen LogP contribution in [0.25, 0.3) is 0 Å². The molecule has 0 aliphatic rings. The SMILES string of the molecule is CCCC(CC)CC(C)N. The molecular weight excluding hydrogens is 122 g/mol. The van der Waals surface area contributed by atoms with Crippen LogP contribution in [0, 0.1) is 5.92 Å². The summed E-state index contributed by atoms with van der Waals surface area (Å²) in [5.74, 6) is 0.866. The fourth-order valence-electron chi connectivity index (χ4n) is 1.42. The van der Waals surface area contributed by atoms with Crippen LogP contribution in [0.5, 0.6) is 0 Å². The van der Waals surface area contributed by atoms with E-state index in [0.29, 0.717) is 6.04 Å². The van der Waals surface area contributed by atoms with Gasteiger partial charge >= 0.3 is 0 Å². The van der Waals surface area contributed by atoms with Gasteiger partial charge < -0.3 is 5.73 Å². The predicted molar refractivity (Wildman–Crippen MR) is 47.0 cm³/mol. The van der Waals surface area contributed by atoms with Gasteiger partial charge in [0.15, 0.2) is 0 Å². The minimum atomic E-state index is 0.386. The van der Waals surface area contributed by atoms with E-state index in [-0.39, 0.29) is 0 Å². The summed E-state index contributed by atoms with van der Waals surface area (Å²) in [6.07, 6.45) is 5.13. The Balaban J connectivity index is 3.39. The van der Waals surface area contributed by atoms with Crippen molar-refractivity contribution < 1.29 is 0 Å². The van der Waals surface area contributed by atoms with Gasteiger partial charge in [-0.1, -0.05) is 33.1 Å². The predicted octanol–water partition coefficient (Wildman–Crippen LogP) is 2.55. The summed E-state index contributed by atoms with van der Waals surface area (Å²) in [5.41, 5.74) is 5.70. The molecule has 1 nitrogen and oxygen atoms in total. The summed E-state index contributed by atoms with van der Waals surface area (Å²) in [4.78, 5) is 0. The van der Waals surface area contributed by atoms with Crippen LogP contribution in [-0.4, -0.2) is 6.04 Å². The highest BCUT2D eigenvalue weighted by Crippen LogP contribution is 2.15. The maximum absolute atomic E-state index is 5.70. The zero-order chi connectivity index (χ0) is 7.98. The average molecular weight is 143 g/mol. The summed E-state index contributed by atoms with van der Waals surface area (Å²) < 4.78 is 0. The first-order valence-corrected chi connectivity index (χ1v) is 4.46. The van der Waals surface area contributed by atoms with Crippen LogP contribution in [0.15, 0.2) is 0 Å². The molecule has 0 radical (unpaired) electrons. The first kappa shape index (κ1) is 9.96. The van der Waals surface area contributed by atoms with Gasteiger partial charge in [0.25, 0.3) is 0 Å². The molecular formula is C9H21N. The van der Waals surface area contributed by atoms with E-state index >= 15 is 0 Å². The topological polar surface area (TPSA) is 26.0 Å². The third kappa shape index (κ3) is 4.80. The van der Waals surface area contributed by atoms with E-state index in [9.17, 15) is 0 Å². The van der Waals surface area contributed by atoms with Gasteiger partial charge in [0, 0.05) is 6.04 Å². The van der Waals surface area contributed by atoms with Crippen molar-refractivity contribution in [2.75, 3.05) is 0 Å². The number of hydrogen-bond donors (Lipinski definition) is 1. The molecule has 0 rings (SSSR count). The lowest BCUT2D eigenvalue weighted by atomic mass is 9.94. The second-order valence-electron chi connectivity index (χ2n) is 3.28. The van der Waals surface area contributed by atoms with Crippen molar-refractivity contribution in [3.05, 3.63) is 0 Å². The average Bonchev–Trinajstić information content (AvgIpc) is 1.86. The van der Waals surface area contributed by atoms with Crippen molar-refractivity contribution in [1.29, 1.82) is 0 Å². The molecule has 0 saturated heterocycles. The van der Waals surface area contributed by atoms with Crippen molar-refractivity contribution >= 4 is 0 Å². The van der Waals surface area contributed by atoms with Crippen LogP contribution in [-0.2, 0) is 0 Å². The lowest BCUT2D eigenvalue weighted by Gasteiger charge is -2.15. The Morgan fingerprint density at radius 3 is 2.20 bits per heavy atom. The van der Waals surface area contributed by atoms with Gasteiger partial charge in [-0.05, 0) is 19.3 Å². The Labute approximate surface area is 65.0 Å². The van der Waals surface area contributed by atoms with E-state index in [2.05, 4.69) is 20.8 Å². The van der Waals surface area contributed by atoms with Crippen LogP contribution >= 0.6 is 0 Å². The quantitative estimate of drug-likeness (QED) is 0.629. The largest absolute Gasteiger partial charge is 0.328 e. The molecule has 0 saturated carbocycles. The summed E-state index contributed by atoms with van der Waals surface area (Å²) in [6, 6.07) is 0.386. The van der Waals surface area contributed by atoms with Gasteiger partial charge in [-0.15, -0.1) is 0 Å². The van der Waals surface area contributed by atoms with Gasteiger partial charge in [-0.3, -0.25) is 0 Å². The Bertz CT molecular complexity index is 69.1. The second kappa shape index (κ2) is 5.72. The molecule has 0 aliphatic heterocycles. The molecule has 0 fully saturated rings. The van der Waals surface area contributed by atoms with Gasteiger partial charge in [-0.25, -0.2) is 0 Å². The Hall–Kier alpha value is -0.0400. The summed E-state index contributed by atoms with van der Waals surface area (Å²) >= 11 is 0. The molecule has 0 heterocycles. The molecule has 0 bridgehead atoms. The Morgan fingerprint density at radius 2 is 1.90 bits per heavy atom. The van der Waals surface area contributed by atoms with Gasteiger partial charge in [-0.2, -0.15) is 0 Å². The molecule has 10 heavy (non-hydrogen) atoms. The van der Waals surface area contributed by atoms with Gasteiger partial charge in [0.2, 0.25) is 0 Å². The van der Waals surface area contributed by atoms with Gasteiger partial charge in [0.05, 0.1) is 0 Å². The van der Waals surface area contributed by atoms with Crippen molar-refractivity contribution in [2.45, 2.75) is 52.5 Å². The summed E-state index contributed by atoms with van der Waals surface area (Å²) in [5, 5.41) is 0. The minimum absolute atomic E-state index is 0.386. The molecule has 62 valence electrons. The highest BCUT2D eigenvalue weighted by molar-refractivity contribution is 4.62. The minimum Gasteiger partial charge on any atom is -0.328 e. The molecule has 2 unspecified atom stereocenters. The van der Waals surface area contributed by atoms with Crippen LogP contribution in [0.4, 0.5) is 0 Å². The van der Waals surface area contributed by atoms with Crippen molar-refractivity contribution in [1.82, 2.24) is 0 Å². The van der Waals surface area contributed by atoms with Gasteiger partial charge in [0.1, 0.15) is 0 Å². The lowest BCUT2D eigenvalue weighted by Crippen LogP contribution is -2.19. The van der Waals surface area contributed by atoms with Crippen LogP contribution in [0.3, 0.4) is 0 Å².